The number of hydrogen-bond donors (Lipinski definition) is 2. The number of carbonyl (C=O) groups is 2. The molecule has 0 bridgehead atoms. The summed E-state index contributed by atoms with van der Waals surface area (Å²) in [5.41, 5.74) is 1.73. The molecular formula is C40H57FN6O5S. The maximum Gasteiger partial charge on any atom is 0.404 e. The largest absolute Gasteiger partial charge is 0.465 e. The first-order valence-corrected chi connectivity index (χ1v) is 21.2. The molecule has 290 valence electrons. The number of anilines is 1. The van der Waals surface area contributed by atoms with E-state index in [9.17, 15) is 27.5 Å². The number of sulfone groups is 1. The highest BCUT2D eigenvalue weighted by Crippen LogP contribution is 2.51. The van der Waals surface area contributed by atoms with Gasteiger partial charge in [0.2, 0.25) is 5.91 Å². The SMILES string of the molecule is CN(C)CCC(=O)N1CC(S(=O)(=O)c2ccc(N3CC(CN4CCC([C@@](CN5CCC5)(c5cccc(F)c5)[C@H]5CCC[C@@H]5NC(=O)O)CC4)C3)cc2)C1. The Labute approximate surface area is 314 Å². The normalized spacial score (nSPS) is 24.8. The van der Waals surface area contributed by atoms with Gasteiger partial charge in [0.25, 0.3) is 0 Å². The highest BCUT2D eigenvalue weighted by molar-refractivity contribution is 7.92. The van der Waals surface area contributed by atoms with E-state index in [0.717, 1.165) is 95.7 Å². The Hall–Kier alpha value is -3.26. The number of carboxylic acid groups (broad SMARTS) is 1. The Morgan fingerprint density at radius 3 is 2.26 bits per heavy atom. The number of likely N-dealkylation sites (tertiary alicyclic amines) is 3. The second-order valence-electron chi connectivity index (χ2n) is 16.6. The van der Waals surface area contributed by atoms with Crippen molar-refractivity contribution >= 4 is 27.5 Å². The number of rotatable bonds is 14. The van der Waals surface area contributed by atoms with Crippen molar-refractivity contribution in [1.29, 1.82) is 0 Å². The van der Waals surface area contributed by atoms with Crippen LogP contribution in [0.25, 0.3) is 0 Å². The van der Waals surface area contributed by atoms with E-state index in [4.69, 9.17) is 0 Å². The van der Waals surface area contributed by atoms with Gasteiger partial charge in [-0.25, -0.2) is 17.6 Å². The minimum atomic E-state index is -3.50. The van der Waals surface area contributed by atoms with Crippen LogP contribution >= 0.6 is 0 Å². The number of carbonyl (C=O) groups excluding carboxylic acids is 1. The Balaban J connectivity index is 0.945. The van der Waals surface area contributed by atoms with Gasteiger partial charge in [-0.2, -0.15) is 0 Å². The van der Waals surface area contributed by atoms with Gasteiger partial charge in [-0.15, -0.1) is 0 Å². The van der Waals surface area contributed by atoms with Gasteiger partial charge in [0.05, 0.1) is 4.90 Å². The summed E-state index contributed by atoms with van der Waals surface area (Å²) < 4.78 is 41.4. The van der Waals surface area contributed by atoms with Crippen LogP contribution in [-0.2, 0) is 20.0 Å². The first-order valence-electron chi connectivity index (χ1n) is 19.6. The first kappa shape index (κ1) is 38.0. The number of piperidine rings is 1. The molecule has 2 N–H and O–H groups in total. The predicted molar refractivity (Wildman–Crippen MR) is 203 cm³/mol. The van der Waals surface area contributed by atoms with E-state index in [1.165, 1.54) is 12.5 Å². The van der Waals surface area contributed by atoms with Gasteiger partial charge in [-0.3, -0.25) is 4.79 Å². The predicted octanol–water partition coefficient (Wildman–Crippen LogP) is 3.99. The maximum atomic E-state index is 14.9. The summed E-state index contributed by atoms with van der Waals surface area (Å²) in [5.74, 6) is 0.734. The Kier molecular flexibility index (Phi) is 11.4. The molecule has 11 nitrogen and oxygen atoms in total. The number of hydrogen-bond acceptors (Lipinski definition) is 8. The molecule has 5 aliphatic rings. The molecule has 13 heteroatoms. The number of benzene rings is 2. The van der Waals surface area contributed by atoms with Crippen molar-refractivity contribution in [3.8, 4) is 0 Å². The molecule has 0 spiro atoms. The topological polar surface area (TPSA) is 117 Å². The average Bonchev–Trinajstić information content (AvgIpc) is 3.52. The molecule has 0 radical (unpaired) electrons. The van der Waals surface area contributed by atoms with Crippen LogP contribution in [0.15, 0.2) is 53.4 Å². The van der Waals surface area contributed by atoms with Gasteiger partial charge in [-0.05, 0) is 126 Å². The minimum absolute atomic E-state index is 0.00378. The molecule has 2 aromatic carbocycles. The smallest absolute Gasteiger partial charge is 0.404 e. The molecule has 3 atom stereocenters. The fraction of sp³-hybridized carbons (Fsp3) is 0.650. The van der Waals surface area contributed by atoms with E-state index in [1.807, 2.05) is 37.2 Å². The molecule has 53 heavy (non-hydrogen) atoms. The molecule has 5 fully saturated rings. The van der Waals surface area contributed by atoms with E-state index >= 15 is 0 Å². The van der Waals surface area contributed by atoms with Gasteiger partial charge in [0.15, 0.2) is 9.84 Å². The van der Waals surface area contributed by atoms with Crippen LogP contribution in [0, 0.1) is 23.6 Å². The van der Waals surface area contributed by atoms with E-state index < -0.39 is 21.2 Å². The van der Waals surface area contributed by atoms with Crippen molar-refractivity contribution in [3.63, 3.8) is 0 Å². The lowest BCUT2D eigenvalue weighted by molar-refractivity contribution is -0.134. The third kappa shape index (κ3) is 8.09. The van der Waals surface area contributed by atoms with Crippen LogP contribution in [0.4, 0.5) is 14.9 Å². The van der Waals surface area contributed by atoms with E-state index in [0.29, 0.717) is 29.7 Å². The number of amides is 2. The molecule has 4 saturated heterocycles. The fourth-order valence-corrected chi connectivity index (χ4v) is 11.6. The first-order chi connectivity index (χ1) is 25.4. The van der Waals surface area contributed by atoms with Crippen molar-refractivity contribution in [2.75, 3.05) is 91.0 Å². The molecule has 1 aliphatic carbocycles. The zero-order chi connectivity index (χ0) is 37.3. The molecular weight excluding hydrogens is 696 g/mol. The van der Waals surface area contributed by atoms with Crippen molar-refractivity contribution in [2.45, 2.75) is 66.5 Å². The van der Waals surface area contributed by atoms with Crippen LogP contribution in [0.1, 0.15) is 50.5 Å². The third-order valence-corrected chi connectivity index (χ3v) is 15.1. The Morgan fingerprint density at radius 1 is 0.925 bits per heavy atom. The summed E-state index contributed by atoms with van der Waals surface area (Å²) in [5, 5.41) is 12.1. The lowest BCUT2D eigenvalue weighted by Crippen LogP contribution is -2.60. The van der Waals surface area contributed by atoms with Crippen LogP contribution in [-0.4, -0.2) is 143 Å². The second-order valence-corrected chi connectivity index (χ2v) is 18.9. The number of nitrogens with one attached hydrogen (secondary N) is 1. The summed E-state index contributed by atoms with van der Waals surface area (Å²) in [7, 11) is 0.336. The average molecular weight is 753 g/mol. The molecule has 4 aliphatic heterocycles. The second kappa shape index (κ2) is 15.8. The summed E-state index contributed by atoms with van der Waals surface area (Å²) in [4.78, 5) is 35.6. The van der Waals surface area contributed by atoms with E-state index in [2.05, 4.69) is 26.1 Å². The summed E-state index contributed by atoms with van der Waals surface area (Å²) in [6, 6.07) is 14.3. The van der Waals surface area contributed by atoms with Crippen molar-refractivity contribution < 1.29 is 27.5 Å². The quantitative estimate of drug-likeness (QED) is 0.296. The summed E-state index contributed by atoms with van der Waals surface area (Å²) >= 11 is 0. The molecule has 2 aromatic rings. The highest BCUT2D eigenvalue weighted by Gasteiger charge is 2.53. The monoisotopic (exact) mass is 752 g/mol. The molecule has 0 unspecified atom stereocenters. The highest BCUT2D eigenvalue weighted by atomic mass is 32.2. The molecule has 0 aromatic heterocycles. The van der Waals surface area contributed by atoms with Gasteiger partial charge in [-0.1, -0.05) is 18.6 Å². The van der Waals surface area contributed by atoms with Gasteiger partial charge in [0, 0.05) is 75.3 Å². The lowest BCUT2D eigenvalue weighted by Gasteiger charge is -2.54. The van der Waals surface area contributed by atoms with E-state index in [1.54, 1.807) is 23.1 Å². The van der Waals surface area contributed by atoms with Gasteiger partial charge >= 0.3 is 6.09 Å². The Morgan fingerprint density at radius 2 is 1.64 bits per heavy atom. The standard InChI is InChI=1S/C40H57FN6O5S/c1-43(2)19-16-38(48)47-26-35(27-47)53(51,52)34-12-10-33(11-13-34)46-24-29(25-46)23-44-20-14-30(15-21-44)40(28-45-17-5-18-45,31-6-3-7-32(41)22-31)36-8-4-9-37(36)42-39(49)50/h3,6-7,10-13,22,29-30,35-37,42H,4-5,8-9,14-21,23-28H2,1-2H3,(H,49,50)/t36-,37-,40-/m0/s1. The number of nitrogens with zero attached hydrogens (tertiary/aromatic N) is 5. The molecule has 4 heterocycles. The molecule has 7 rings (SSSR count). The van der Waals surface area contributed by atoms with Crippen molar-refractivity contribution in [2.24, 2.45) is 17.8 Å². The maximum absolute atomic E-state index is 14.9. The lowest BCUT2D eigenvalue weighted by atomic mass is 9.57. The van der Waals surface area contributed by atoms with Crippen LogP contribution in [0.2, 0.25) is 0 Å². The van der Waals surface area contributed by atoms with Crippen LogP contribution < -0.4 is 10.2 Å². The molecule has 2 amide bonds. The summed E-state index contributed by atoms with van der Waals surface area (Å²) in [6.45, 7) is 8.87. The van der Waals surface area contributed by atoms with Crippen molar-refractivity contribution in [3.05, 3.63) is 59.9 Å². The van der Waals surface area contributed by atoms with Gasteiger partial charge < -0.3 is 34.9 Å². The zero-order valence-corrected chi connectivity index (χ0v) is 32.2. The van der Waals surface area contributed by atoms with Gasteiger partial charge in [0.1, 0.15) is 11.1 Å². The Bertz CT molecular complexity index is 1700. The van der Waals surface area contributed by atoms with Crippen LogP contribution in [0.5, 0.6) is 0 Å². The van der Waals surface area contributed by atoms with Crippen LogP contribution in [0.3, 0.4) is 0 Å². The third-order valence-electron chi connectivity index (χ3n) is 13.0. The molecule has 1 saturated carbocycles. The van der Waals surface area contributed by atoms with Crippen molar-refractivity contribution in [1.82, 2.24) is 24.9 Å². The van der Waals surface area contributed by atoms with E-state index in [-0.39, 0.29) is 42.2 Å². The minimum Gasteiger partial charge on any atom is -0.465 e. The number of halogens is 1. The zero-order valence-electron chi connectivity index (χ0n) is 31.3. The fourth-order valence-electron chi connectivity index (χ4n) is 9.93. The summed E-state index contributed by atoms with van der Waals surface area (Å²) in [6.07, 6.45) is 5.32.